The Labute approximate surface area is 206 Å². The van der Waals surface area contributed by atoms with Crippen LogP contribution in [0.3, 0.4) is 0 Å². The van der Waals surface area contributed by atoms with Crippen molar-refractivity contribution in [1.82, 2.24) is 20.0 Å². The summed E-state index contributed by atoms with van der Waals surface area (Å²) in [5.41, 5.74) is 10.4. The molecule has 0 bridgehead atoms. The normalized spacial score (nSPS) is 41.7. The minimum atomic E-state index is 0.404. The first-order valence-corrected chi connectivity index (χ1v) is 14.4. The van der Waals surface area contributed by atoms with Gasteiger partial charge in [0.2, 0.25) is 0 Å². The maximum Gasteiger partial charge on any atom is 0.180 e. The van der Waals surface area contributed by atoms with Crippen molar-refractivity contribution in [3.8, 4) is 0 Å². The number of nitrogens with two attached hydrogens (primary N) is 1. The van der Waals surface area contributed by atoms with Crippen LogP contribution < -0.4 is 5.73 Å². The molecular formula is C28H37N5S. The van der Waals surface area contributed by atoms with Gasteiger partial charge < -0.3 is 5.73 Å². The fraction of sp³-hybridized carbons (Fsp3) is 0.679. The van der Waals surface area contributed by atoms with E-state index in [1.54, 1.807) is 11.3 Å². The van der Waals surface area contributed by atoms with Crippen molar-refractivity contribution in [3.05, 3.63) is 35.3 Å². The van der Waals surface area contributed by atoms with E-state index in [1.807, 2.05) is 0 Å². The van der Waals surface area contributed by atoms with E-state index in [2.05, 4.69) is 58.5 Å². The van der Waals surface area contributed by atoms with Gasteiger partial charge in [-0.3, -0.25) is 0 Å². The summed E-state index contributed by atoms with van der Waals surface area (Å²) in [6.45, 7) is 5.27. The van der Waals surface area contributed by atoms with Crippen LogP contribution >= 0.6 is 11.3 Å². The van der Waals surface area contributed by atoms with Gasteiger partial charge in [0.1, 0.15) is 5.52 Å². The van der Waals surface area contributed by atoms with Gasteiger partial charge in [0.05, 0.1) is 17.3 Å². The number of benzene rings is 1. The quantitative estimate of drug-likeness (QED) is 0.441. The van der Waals surface area contributed by atoms with Gasteiger partial charge in [0, 0.05) is 11.3 Å². The number of nitrogen functional groups attached to an aromatic ring is 1. The zero-order chi connectivity index (χ0) is 23.1. The average Bonchev–Trinajstić information content (AvgIpc) is 3.54. The third-order valence-corrected chi connectivity index (χ3v) is 12.0. The predicted molar refractivity (Wildman–Crippen MR) is 138 cm³/mol. The fourth-order valence-corrected chi connectivity index (χ4v) is 10.2. The maximum atomic E-state index is 6.03. The Bertz CT molecular complexity index is 1220. The van der Waals surface area contributed by atoms with Gasteiger partial charge in [-0.25, -0.2) is 9.67 Å². The van der Waals surface area contributed by atoms with E-state index in [4.69, 9.17) is 10.7 Å². The molecule has 7 rings (SSSR count). The number of para-hydroxylation sites is 1. The van der Waals surface area contributed by atoms with Crippen LogP contribution in [0.4, 0.5) is 5.13 Å². The highest BCUT2D eigenvalue weighted by Crippen LogP contribution is 2.69. The molecule has 1 aromatic carbocycles. The van der Waals surface area contributed by atoms with E-state index < -0.39 is 0 Å². The van der Waals surface area contributed by atoms with Crippen LogP contribution in [0.2, 0.25) is 0 Å². The van der Waals surface area contributed by atoms with E-state index >= 15 is 0 Å². The summed E-state index contributed by atoms with van der Waals surface area (Å²) in [6.07, 6.45) is 12.1. The Kier molecular flexibility index (Phi) is 4.72. The number of hydrogen-bond donors (Lipinski definition) is 1. The second-order valence-electron chi connectivity index (χ2n) is 12.4. The Morgan fingerprint density at radius 3 is 2.65 bits per heavy atom. The van der Waals surface area contributed by atoms with Gasteiger partial charge in [-0.1, -0.05) is 31.2 Å². The fourth-order valence-electron chi connectivity index (χ4n) is 9.56. The molecule has 4 saturated carbocycles. The summed E-state index contributed by atoms with van der Waals surface area (Å²) in [6, 6.07) is 8.96. The van der Waals surface area contributed by atoms with E-state index in [0.717, 1.165) is 34.3 Å². The number of anilines is 1. The SMILES string of the molecule is C[C@]12CC[C@H](n3nnc4ccccc43)C[C@@H]1CC[C@@H]1[C@@H]2CC[C@]2(C)[C@@H](c3csc(N)n3)CC[C@@H]12. The van der Waals surface area contributed by atoms with Gasteiger partial charge >= 0.3 is 0 Å². The predicted octanol–water partition coefficient (Wildman–Crippen LogP) is 6.84. The van der Waals surface area contributed by atoms with Crippen LogP contribution in [-0.4, -0.2) is 20.0 Å². The molecule has 34 heavy (non-hydrogen) atoms. The topological polar surface area (TPSA) is 69.6 Å². The van der Waals surface area contributed by atoms with Crippen molar-refractivity contribution in [2.45, 2.75) is 83.6 Å². The highest BCUT2D eigenvalue weighted by molar-refractivity contribution is 7.13. The third-order valence-electron chi connectivity index (χ3n) is 11.3. The van der Waals surface area contributed by atoms with E-state index in [1.165, 1.54) is 69.0 Å². The Morgan fingerprint density at radius 1 is 0.971 bits per heavy atom. The molecule has 0 unspecified atom stereocenters. The molecule has 4 aliphatic carbocycles. The molecule has 0 radical (unpaired) electrons. The largest absolute Gasteiger partial charge is 0.375 e. The molecule has 0 aliphatic heterocycles. The molecule has 5 nitrogen and oxygen atoms in total. The molecule has 2 heterocycles. The summed E-state index contributed by atoms with van der Waals surface area (Å²) in [5, 5.41) is 12.0. The monoisotopic (exact) mass is 475 g/mol. The summed E-state index contributed by atoms with van der Waals surface area (Å²) < 4.78 is 2.25. The summed E-state index contributed by atoms with van der Waals surface area (Å²) in [7, 11) is 0. The Morgan fingerprint density at radius 2 is 1.79 bits per heavy atom. The summed E-state index contributed by atoms with van der Waals surface area (Å²) >= 11 is 1.62. The lowest BCUT2D eigenvalue weighted by Crippen LogP contribution is -2.53. The second-order valence-corrected chi connectivity index (χ2v) is 13.3. The molecule has 2 N–H and O–H groups in total. The molecule has 0 spiro atoms. The lowest BCUT2D eigenvalue weighted by Gasteiger charge is -2.61. The standard InChI is InChI=1S/C28H37N5S/c1-27-13-11-18(33-25-6-4-3-5-23(25)31-32-33)15-17(27)7-8-19-20-9-10-22(24-16-34-26(29)30-24)28(20,2)14-12-21(19)27/h3-6,16-22H,7-15H2,1-2H3,(H2,29,30)/t17-,18-,19-,20-,21-,22+,27-,28-/m0/s1. The van der Waals surface area contributed by atoms with Crippen molar-refractivity contribution in [3.63, 3.8) is 0 Å². The number of thiazole rings is 1. The van der Waals surface area contributed by atoms with E-state index in [9.17, 15) is 0 Å². The van der Waals surface area contributed by atoms with E-state index in [0.29, 0.717) is 22.8 Å². The van der Waals surface area contributed by atoms with Crippen molar-refractivity contribution in [2.75, 3.05) is 5.73 Å². The number of fused-ring (bicyclic) bond motifs is 6. The molecule has 0 saturated heterocycles. The molecule has 2 aromatic heterocycles. The molecule has 180 valence electrons. The van der Waals surface area contributed by atoms with Crippen molar-refractivity contribution in [1.29, 1.82) is 0 Å². The molecule has 4 aliphatic rings. The lowest BCUT2D eigenvalue weighted by molar-refractivity contribution is -0.113. The maximum absolute atomic E-state index is 6.03. The van der Waals surface area contributed by atoms with Gasteiger partial charge in [-0.2, -0.15) is 0 Å². The minimum absolute atomic E-state index is 0.404. The van der Waals surface area contributed by atoms with Crippen molar-refractivity contribution < 1.29 is 0 Å². The van der Waals surface area contributed by atoms with Gasteiger partial charge in [-0.15, -0.1) is 16.4 Å². The van der Waals surface area contributed by atoms with Crippen LogP contribution in [0.5, 0.6) is 0 Å². The highest BCUT2D eigenvalue weighted by atomic mass is 32.1. The summed E-state index contributed by atoms with van der Waals surface area (Å²) in [4.78, 5) is 4.75. The molecule has 8 atom stereocenters. The van der Waals surface area contributed by atoms with Crippen LogP contribution in [0.15, 0.2) is 29.6 Å². The van der Waals surface area contributed by atoms with Crippen LogP contribution in [0, 0.1) is 34.5 Å². The number of rotatable bonds is 2. The first-order valence-electron chi connectivity index (χ1n) is 13.5. The van der Waals surface area contributed by atoms with Crippen LogP contribution in [0.25, 0.3) is 11.0 Å². The number of aromatic nitrogens is 4. The molecule has 6 heteroatoms. The van der Waals surface area contributed by atoms with Crippen LogP contribution in [-0.2, 0) is 0 Å². The van der Waals surface area contributed by atoms with Crippen molar-refractivity contribution >= 4 is 27.5 Å². The van der Waals surface area contributed by atoms with Gasteiger partial charge in [0.15, 0.2) is 5.13 Å². The highest BCUT2D eigenvalue weighted by Gasteiger charge is 2.60. The zero-order valence-electron chi connectivity index (χ0n) is 20.5. The molecule has 0 amide bonds. The molecular weight excluding hydrogens is 438 g/mol. The van der Waals surface area contributed by atoms with Crippen molar-refractivity contribution in [2.24, 2.45) is 34.5 Å². The zero-order valence-corrected chi connectivity index (χ0v) is 21.3. The smallest absolute Gasteiger partial charge is 0.180 e. The molecule has 4 fully saturated rings. The third kappa shape index (κ3) is 2.93. The van der Waals surface area contributed by atoms with Gasteiger partial charge in [-0.05, 0) is 104 Å². The average molecular weight is 476 g/mol. The second kappa shape index (κ2) is 7.52. The first kappa shape index (κ1) is 21.3. The lowest BCUT2D eigenvalue weighted by atomic mass is 9.44. The Hall–Kier alpha value is -1.95. The van der Waals surface area contributed by atoms with Crippen LogP contribution in [0.1, 0.15) is 89.3 Å². The summed E-state index contributed by atoms with van der Waals surface area (Å²) in [5.74, 6) is 4.06. The minimum Gasteiger partial charge on any atom is -0.375 e. The first-order chi connectivity index (χ1) is 16.5. The Balaban J connectivity index is 1.13. The van der Waals surface area contributed by atoms with E-state index in [-0.39, 0.29) is 0 Å². The van der Waals surface area contributed by atoms with Gasteiger partial charge in [0.25, 0.3) is 0 Å². The molecule has 3 aromatic rings. The number of nitrogens with zero attached hydrogens (tertiary/aromatic N) is 4. The number of hydrogen-bond acceptors (Lipinski definition) is 5.